The Balaban J connectivity index is 1.17. The molecule has 0 aromatic heterocycles. The summed E-state index contributed by atoms with van der Waals surface area (Å²) in [6.45, 7) is 3.52. The zero-order chi connectivity index (χ0) is 25.7. The Bertz CT molecular complexity index is 1420. The summed E-state index contributed by atoms with van der Waals surface area (Å²) in [5.74, 6) is 1.76. The van der Waals surface area contributed by atoms with Crippen molar-refractivity contribution in [2.45, 2.75) is 49.6 Å². The minimum Gasteiger partial charge on any atom is -0.508 e. The number of aromatic hydroxyl groups is 1. The van der Waals surface area contributed by atoms with Crippen LogP contribution in [0.4, 0.5) is 0 Å². The molecule has 4 saturated carbocycles. The zero-order valence-corrected chi connectivity index (χ0v) is 22.5. The number of allylic oxidation sites excluding steroid dienone is 1. The van der Waals surface area contributed by atoms with Crippen LogP contribution in [0.3, 0.4) is 0 Å². The number of piperidine rings is 1. The Labute approximate surface area is 225 Å². The predicted octanol–water partition coefficient (Wildman–Crippen LogP) is 2.86. The number of nitrogens with zero attached hydrogens (tertiary/aromatic N) is 2. The van der Waals surface area contributed by atoms with Gasteiger partial charge in [0.05, 0.1) is 11.8 Å². The molecule has 5 fully saturated rings. The summed E-state index contributed by atoms with van der Waals surface area (Å²) >= 11 is 0. The molecule has 5 aliphatic carbocycles. The molecule has 2 N–H and O–H groups in total. The second-order valence-electron chi connectivity index (χ2n) is 14.0. The third-order valence-electron chi connectivity index (χ3n) is 12.9. The minimum absolute atomic E-state index is 0.128. The Hall–Kier alpha value is -2.47. The van der Waals surface area contributed by atoms with Crippen LogP contribution in [0.25, 0.3) is 0 Å². The second-order valence-corrected chi connectivity index (χ2v) is 14.0. The number of quaternary nitrogens is 1. The van der Waals surface area contributed by atoms with Crippen molar-refractivity contribution in [1.29, 1.82) is 0 Å². The van der Waals surface area contributed by atoms with Crippen LogP contribution in [0.1, 0.15) is 47.2 Å². The van der Waals surface area contributed by atoms with Crippen molar-refractivity contribution in [3.05, 3.63) is 77.5 Å². The summed E-state index contributed by atoms with van der Waals surface area (Å²) < 4.78 is 0. The zero-order valence-electron chi connectivity index (χ0n) is 22.5. The Kier molecular flexibility index (Phi) is 4.00. The highest BCUT2D eigenvalue weighted by molar-refractivity contribution is 5.87. The Morgan fingerprint density at radius 1 is 1.18 bits per heavy atom. The molecule has 9 atom stereocenters. The van der Waals surface area contributed by atoms with Crippen LogP contribution in [0, 0.1) is 28.1 Å². The average Bonchev–Trinajstić information content (AvgIpc) is 3.40. The first-order chi connectivity index (χ1) is 18.4. The summed E-state index contributed by atoms with van der Waals surface area (Å²) in [5, 5.41) is 10.7. The van der Waals surface area contributed by atoms with Gasteiger partial charge in [0, 0.05) is 41.2 Å². The van der Waals surface area contributed by atoms with Crippen molar-refractivity contribution >= 4 is 5.91 Å². The first-order valence-corrected chi connectivity index (χ1v) is 14.8. The molecule has 4 spiro atoms. The number of rotatable bonds is 5. The summed E-state index contributed by atoms with van der Waals surface area (Å²) in [5.41, 5.74) is 4.82. The number of carbonyl (C=O) groups is 1. The van der Waals surface area contributed by atoms with Gasteiger partial charge in [-0.05, 0) is 106 Å². The molecule has 1 saturated heterocycles. The lowest BCUT2D eigenvalue weighted by atomic mass is 9.06. The SMILES string of the molecule is CN(C)CCCN1CC23Cc4ccc(O)cc4C24C2C5CCC26C(C=C[NH+]5C(=O)c2ccccc2)CC64C13. The molecule has 0 radical (unpaired) electrons. The molecule has 5 heteroatoms. The van der Waals surface area contributed by atoms with E-state index in [1.54, 1.807) is 0 Å². The molecule has 196 valence electrons. The van der Waals surface area contributed by atoms with E-state index in [1.807, 2.05) is 36.4 Å². The molecule has 7 aliphatic rings. The van der Waals surface area contributed by atoms with Crippen molar-refractivity contribution in [1.82, 2.24) is 9.80 Å². The van der Waals surface area contributed by atoms with E-state index in [2.05, 4.69) is 48.3 Å². The lowest BCUT2D eigenvalue weighted by Crippen LogP contribution is -3.17. The van der Waals surface area contributed by atoms with E-state index < -0.39 is 0 Å². The molecule has 1 amide bonds. The lowest BCUT2D eigenvalue weighted by molar-refractivity contribution is -0.797. The summed E-state index contributed by atoms with van der Waals surface area (Å²) in [7, 11) is 4.36. The first-order valence-electron chi connectivity index (χ1n) is 14.8. The molecule has 9 unspecified atom stereocenters. The summed E-state index contributed by atoms with van der Waals surface area (Å²) in [4.78, 5) is 20.2. The maximum atomic E-state index is 14.0. The Morgan fingerprint density at radius 3 is 2.84 bits per heavy atom. The number of carbonyl (C=O) groups excluding carboxylic acids is 1. The van der Waals surface area contributed by atoms with Crippen LogP contribution < -0.4 is 4.90 Å². The highest BCUT2D eigenvalue weighted by atomic mass is 16.3. The normalized spacial score (nSPS) is 45.8. The molecular formula is C33H38N3O2+. The largest absolute Gasteiger partial charge is 0.508 e. The van der Waals surface area contributed by atoms with E-state index in [9.17, 15) is 9.90 Å². The molecule has 2 aromatic carbocycles. The highest BCUT2D eigenvalue weighted by Crippen LogP contribution is 3.02. The van der Waals surface area contributed by atoms with Crippen LogP contribution in [0.2, 0.25) is 0 Å². The van der Waals surface area contributed by atoms with Crippen LogP contribution in [-0.4, -0.2) is 66.6 Å². The lowest BCUT2D eigenvalue weighted by Gasteiger charge is -3.00. The second kappa shape index (κ2) is 6.80. The minimum atomic E-state index is 0.128. The molecule has 9 rings (SSSR count). The van der Waals surface area contributed by atoms with Gasteiger partial charge in [-0.15, -0.1) is 0 Å². The molecular weight excluding hydrogens is 470 g/mol. The van der Waals surface area contributed by atoms with Crippen LogP contribution in [0.5, 0.6) is 5.75 Å². The number of benzene rings is 2. The van der Waals surface area contributed by atoms with E-state index in [1.165, 1.54) is 43.5 Å². The first kappa shape index (κ1) is 22.4. The van der Waals surface area contributed by atoms with Crippen molar-refractivity contribution in [2.75, 3.05) is 33.7 Å². The number of fused-ring (bicyclic) bond motifs is 1. The van der Waals surface area contributed by atoms with E-state index in [0.717, 1.165) is 29.8 Å². The molecule has 2 heterocycles. The van der Waals surface area contributed by atoms with E-state index in [-0.39, 0.29) is 16.7 Å². The number of nitrogens with one attached hydrogen (secondary N) is 1. The van der Waals surface area contributed by atoms with Gasteiger partial charge < -0.3 is 10.0 Å². The molecule has 2 bridgehead atoms. The monoisotopic (exact) mass is 508 g/mol. The van der Waals surface area contributed by atoms with E-state index in [4.69, 9.17) is 0 Å². The molecule has 38 heavy (non-hydrogen) atoms. The number of amides is 1. The Morgan fingerprint density at radius 2 is 2.03 bits per heavy atom. The quantitative estimate of drug-likeness (QED) is 0.652. The van der Waals surface area contributed by atoms with Crippen molar-refractivity contribution in [3.8, 4) is 5.75 Å². The third kappa shape index (κ3) is 1.99. The molecule has 2 aliphatic heterocycles. The number of likely N-dealkylation sites (tertiary alicyclic amines) is 1. The average molecular weight is 509 g/mol. The smallest absolute Gasteiger partial charge is 0.349 e. The van der Waals surface area contributed by atoms with Crippen molar-refractivity contribution in [2.24, 2.45) is 28.1 Å². The van der Waals surface area contributed by atoms with Gasteiger partial charge >= 0.3 is 5.91 Å². The molecule has 2 aromatic rings. The predicted molar refractivity (Wildman–Crippen MR) is 145 cm³/mol. The van der Waals surface area contributed by atoms with Crippen molar-refractivity contribution < 1.29 is 14.8 Å². The fraction of sp³-hybridized carbons (Fsp3) is 0.545. The summed E-state index contributed by atoms with van der Waals surface area (Å²) in [6.07, 6.45) is 10.7. The highest BCUT2D eigenvalue weighted by Gasteiger charge is 3.05. The van der Waals surface area contributed by atoms with E-state index in [0.29, 0.717) is 40.5 Å². The van der Waals surface area contributed by atoms with Gasteiger partial charge in [-0.2, -0.15) is 0 Å². The van der Waals surface area contributed by atoms with Crippen LogP contribution in [-0.2, 0) is 11.8 Å². The fourth-order valence-electron chi connectivity index (χ4n) is 12.6. The van der Waals surface area contributed by atoms with E-state index >= 15 is 0 Å². The van der Waals surface area contributed by atoms with Gasteiger partial charge in [0.15, 0.2) is 0 Å². The third-order valence-corrected chi connectivity index (χ3v) is 12.9. The van der Waals surface area contributed by atoms with Gasteiger partial charge in [-0.25, -0.2) is 9.69 Å². The van der Waals surface area contributed by atoms with Crippen molar-refractivity contribution in [3.63, 3.8) is 0 Å². The van der Waals surface area contributed by atoms with Crippen LogP contribution >= 0.6 is 0 Å². The maximum absolute atomic E-state index is 14.0. The number of phenols is 1. The maximum Gasteiger partial charge on any atom is 0.349 e. The standard InChI is InChI=1S/C33H37N3O2/c1-34(2)14-6-15-35-20-30-18-22-9-10-24(37)17-25(22)33(30)27-26-11-13-31(27)23(19-32(31,33)29(30)35)12-16-36(26)28(38)21-7-4-3-5-8-21/h3-5,7-10,12,16-17,23,26-27,29,37H,6,11,13-15,18-20H2,1-2H3/p+1. The fourth-order valence-corrected chi connectivity index (χ4v) is 12.6. The van der Waals surface area contributed by atoms with Gasteiger partial charge in [0.25, 0.3) is 0 Å². The van der Waals surface area contributed by atoms with Gasteiger partial charge in [0.2, 0.25) is 0 Å². The number of phenolic OH excluding ortho intramolecular Hbond substituents is 1. The van der Waals surface area contributed by atoms with Crippen LogP contribution in [0.15, 0.2) is 60.8 Å². The van der Waals surface area contributed by atoms with Gasteiger partial charge in [-0.1, -0.05) is 24.3 Å². The number of hydrogen-bond donors (Lipinski definition) is 2. The summed E-state index contributed by atoms with van der Waals surface area (Å²) in [6, 6.07) is 17.2. The molecule has 5 nitrogen and oxygen atoms in total. The topological polar surface area (TPSA) is 48.2 Å². The number of hydrogen-bond acceptors (Lipinski definition) is 4. The van der Waals surface area contributed by atoms with Gasteiger partial charge in [0.1, 0.15) is 11.8 Å². The van der Waals surface area contributed by atoms with Gasteiger partial charge in [-0.3, -0.25) is 4.90 Å².